The van der Waals surface area contributed by atoms with E-state index in [9.17, 15) is 0 Å². The zero-order valence-electron chi connectivity index (χ0n) is 8.16. The van der Waals surface area contributed by atoms with E-state index in [-0.39, 0.29) is 0 Å². The first-order valence-corrected chi connectivity index (χ1v) is 4.94. The largest absolute Gasteiger partial charge is 0.367 e. The molecule has 1 aliphatic rings. The van der Waals surface area contributed by atoms with Gasteiger partial charge in [0.05, 0.1) is 0 Å². The fraction of sp³-hybridized carbons (Fsp3) is 0.750. The predicted molar refractivity (Wildman–Crippen MR) is 53.8 cm³/mol. The summed E-state index contributed by atoms with van der Waals surface area (Å²) in [6, 6.07) is 0. The zero-order chi connectivity index (χ0) is 9.80. The fourth-order valence-electron chi connectivity index (χ4n) is 1.62. The molecule has 1 aromatic heterocycles. The van der Waals surface area contributed by atoms with E-state index in [1.165, 1.54) is 0 Å². The summed E-state index contributed by atoms with van der Waals surface area (Å²) in [5.74, 6) is 1.21. The van der Waals surface area contributed by atoms with Crippen molar-refractivity contribution in [3.8, 4) is 0 Å². The number of nitrogen functional groups attached to an aromatic ring is 1. The van der Waals surface area contributed by atoms with Gasteiger partial charge in [-0.05, 0) is 0 Å². The molecule has 6 heteroatoms. The number of H-pyrrole nitrogens is 1. The molecule has 1 aliphatic heterocycles. The summed E-state index contributed by atoms with van der Waals surface area (Å²) in [7, 11) is 0. The lowest BCUT2D eigenvalue weighted by molar-refractivity contribution is 0.242. The highest BCUT2D eigenvalue weighted by molar-refractivity contribution is 5.12. The number of aromatic nitrogens is 3. The van der Waals surface area contributed by atoms with Crippen molar-refractivity contribution >= 4 is 5.95 Å². The smallest absolute Gasteiger partial charge is 0.239 e. The summed E-state index contributed by atoms with van der Waals surface area (Å²) in [6.45, 7) is 5.42. The first kappa shape index (κ1) is 9.42. The molecule has 2 rings (SSSR count). The second-order valence-corrected chi connectivity index (χ2v) is 3.48. The third kappa shape index (κ3) is 2.43. The Hall–Kier alpha value is -1.14. The second-order valence-electron chi connectivity index (χ2n) is 3.48. The Kier molecular flexibility index (Phi) is 2.95. The molecule has 1 saturated heterocycles. The molecule has 1 aromatic rings. The molecule has 0 unspecified atom stereocenters. The topological polar surface area (TPSA) is 82.9 Å². The van der Waals surface area contributed by atoms with Crippen molar-refractivity contribution in [2.75, 3.05) is 38.5 Å². The lowest BCUT2D eigenvalue weighted by Gasteiger charge is -2.26. The van der Waals surface area contributed by atoms with Crippen molar-refractivity contribution in [1.29, 1.82) is 0 Å². The van der Waals surface area contributed by atoms with E-state index >= 15 is 0 Å². The van der Waals surface area contributed by atoms with Gasteiger partial charge in [0, 0.05) is 39.1 Å². The van der Waals surface area contributed by atoms with Gasteiger partial charge in [-0.1, -0.05) is 0 Å². The number of piperazine rings is 1. The van der Waals surface area contributed by atoms with Crippen molar-refractivity contribution in [3.63, 3.8) is 0 Å². The van der Waals surface area contributed by atoms with Crippen molar-refractivity contribution in [2.45, 2.75) is 6.42 Å². The van der Waals surface area contributed by atoms with Crippen molar-refractivity contribution < 1.29 is 0 Å². The van der Waals surface area contributed by atoms with Gasteiger partial charge in [0.2, 0.25) is 5.95 Å². The number of nitrogens with one attached hydrogen (secondary N) is 2. The van der Waals surface area contributed by atoms with Gasteiger partial charge < -0.3 is 16.0 Å². The SMILES string of the molecule is Nc1n[nH]c(CCN2CCNCC2)n1. The maximum Gasteiger partial charge on any atom is 0.239 e. The Morgan fingerprint density at radius 2 is 2.14 bits per heavy atom. The molecule has 0 bridgehead atoms. The summed E-state index contributed by atoms with van der Waals surface area (Å²) in [5.41, 5.74) is 5.41. The minimum atomic E-state index is 0.334. The summed E-state index contributed by atoms with van der Waals surface area (Å²) in [5, 5.41) is 9.93. The van der Waals surface area contributed by atoms with Gasteiger partial charge in [0.25, 0.3) is 0 Å². The summed E-state index contributed by atoms with van der Waals surface area (Å²) >= 11 is 0. The van der Waals surface area contributed by atoms with Gasteiger partial charge in [0.15, 0.2) is 0 Å². The molecule has 0 atom stereocenters. The summed E-state index contributed by atoms with van der Waals surface area (Å²) in [4.78, 5) is 6.48. The molecule has 0 amide bonds. The molecule has 0 aromatic carbocycles. The first-order chi connectivity index (χ1) is 6.84. The van der Waals surface area contributed by atoms with E-state index in [1.807, 2.05) is 0 Å². The molecule has 14 heavy (non-hydrogen) atoms. The molecule has 1 fully saturated rings. The van der Waals surface area contributed by atoms with Crippen LogP contribution in [0.1, 0.15) is 5.82 Å². The number of nitrogens with zero attached hydrogens (tertiary/aromatic N) is 3. The normalized spacial score (nSPS) is 18.6. The lowest BCUT2D eigenvalue weighted by atomic mass is 10.3. The average Bonchev–Trinajstić information content (AvgIpc) is 2.63. The van der Waals surface area contributed by atoms with Crippen LogP contribution >= 0.6 is 0 Å². The second kappa shape index (κ2) is 4.39. The summed E-state index contributed by atoms with van der Waals surface area (Å²) < 4.78 is 0. The van der Waals surface area contributed by atoms with Crippen molar-refractivity contribution in [2.24, 2.45) is 0 Å². The number of hydrogen-bond donors (Lipinski definition) is 3. The monoisotopic (exact) mass is 196 g/mol. The third-order valence-corrected chi connectivity index (χ3v) is 2.42. The Balaban J connectivity index is 1.76. The Bertz CT molecular complexity index is 277. The van der Waals surface area contributed by atoms with Gasteiger partial charge in [-0.2, -0.15) is 4.98 Å². The number of anilines is 1. The van der Waals surface area contributed by atoms with Crippen LogP contribution in [0.2, 0.25) is 0 Å². The van der Waals surface area contributed by atoms with E-state index in [0.29, 0.717) is 5.95 Å². The molecule has 6 nitrogen and oxygen atoms in total. The number of hydrogen-bond acceptors (Lipinski definition) is 5. The summed E-state index contributed by atoms with van der Waals surface area (Å²) in [6.07, 6.45) is 0.893. The zero-order valence-corrected chi connectivity index (χ0v) is 8.16. The first-order valence-electron chi connectivity index (χ1n) is 4.94. The molecule has 0 radical (unpaired) electrons. The molecular formula is C8H16N6. The van der Waals surface area contributed by atoms with Crippen LogP contribution < -0.4 is 11.1 Å². The average molecular weight is 196 g/mol. The maximum atomic E-state index is 5.41. The molecule has 78 valence electrons. The number of aromatic amines is 1. The van der Waals surface area contributed by atoms with Crippen molar-refractivity contribution in [3.05, 3.63) is 5.82 Å². The quantitative estimate of drug-likeness (QED) is 0.567. The number of rotatable bonds is 3. The highest BCUT2D eigenvalue weighted by Gasteiger charge is 2.09. The molecule has 0 spiro atoms. The van der Waals surface area contributed by atoms with Crippen LogP contribution in [0.15, 0.2) is 0 Å². The minimum absolute atomic E-state index is 0.334. The van der Waals surface area contributed by atoms with Crippen LogP contribution in [0.25, 0.3) is 0 Å². The molecule has 0 saturated carbocycles. The molecule has 0 aliphatic carbocycles. The standard InChI is InChI=1S/C8H16N6/c9-8-11-7(12-13-8)1-4-14-5-2-10-3-6-14/h10H,1-6H2,(H3,9,11,12,13). The van der Waals surface area contributed by atoms with E-state index in [0.717, 1.165) is 45.0 Å². The van der Waals surface area contributed by atoms with Gasteiger partial charge in [-0.15, -0.1) is 5.10 Å². The van der Waals surface area contributed by atoms with Crippen LogP contribution in [0.3, 0.4) is 0 Å². The minimum Gasteiger partial charge on any atom is -0.367 e. The highest BCUT2D eigenvalue weighted by Crippen LogP contribution is 1.98. The van der Waals surface area contributed by atoms with Gasteiger partial charge in [-0.3, -0.25) is 5.10 Å². The molecule has 4 N–H and O–H groups in total. The van der Waals surface area contributed by atoms with Crippen LogP contribution in [0.4, 0.5) is 5.95 Å². The van der Waals surface area contributed by atoms with Crippen LogP contribution in [-0.4, -0.2) is 52.8 Å². The van der Waals surface area contributed by atoms with Gasteiger partial charge >= 0.3 is 0 Å². The molecule has 2 heterocycles. The molecular weight excluding hydrogens is 180 g/mol. The van der Waals surface area contributed by atoms with Crippen LogP contribution in [0.5, 0.6) is 0 Å². The lowest BCUT2D eigenvalue weighted by Crippen LogP contribution is -2.44. The third-order valence-electron chi connectivity index (χ3n) is 2.42. The van der Waals surface area contributed by atoms with E-state index in [1.54, 1.807) is 0 Å². The van der Waals surface area contributed by atoms with E-state index in [4.69, 9.17) is 5.73 Å². The predicted octanol–water partition coefficient (Wildman–Crippen LogP) is -1.17. The van der Waals surface area contributed by atoms with Gasteiger partial charge in [0.1, 0.15) is 5.82 Å². The Labute approximate surface area is 82.9 Å². The highest BCUT2D eigenvalue weighted by atomic mass is 15.3. The van der Waals surface area contributed by atoms with Crippen LogP contribution in [-0.2, 0) is 6.42 Å². The van der Waals surface area contributed by atoms with Crippen molar-refractivity contribution in [1.82, 2.24) is 25.4 Å². The van der Waals surface area contributed by atoms with Gasteiger partial charge in [-0.25, -0.2) is 0 Å². The Morgan fingerprint density at radius 3 is 2.79 bits per heavy atom. The fourth-order valence-corrected chi connectivity index (χ4v) is 1.62. The van der Waals surface area contributed by atoms with Crippen LogP contribution in [0, 0.1) is 0 Å². The Morgan fingerprint density at radius 1 is 1.36 bits per heavy atom. The number of nitrogens with two attached hydrogens (primary N) is 1. The van der Waals surface area contributed by atoms with E-state index in [2.05, 4.69) is 25.4 Å². The maximum absolute atomic E-state index is 5.41. The van der Waals surface area contributed by atoms with E-state index < -0.39 is 0 Å².